The number of nitrogens with zero attached hydrogens (tertiary/aromatic N) is 5. The van der Waals surface area contributed by atoms with Crippen LogP contribution in [0.15, 0.2) is 30.2 Å². The molecule has 3 aromatic rings. The van der Waals surface area contributed by atoms with Crippen molar-refractivity contribution in [3.63, 3.8) is 0 Å². The fraction of sp³-hybridized carbons (Fsp3) is 0.500. The molecule has 3 aromatic heterocycles. The number of imidazole rings is 1. The highest BCUT2D eigenvalue weighted by Gasteiger charge is 2.28. The second kappa shape index (κ2) is 5.84. The zero-order chi connectivity index (χ0) is 15.9. The molecule has 0 amide bonds. The van der Waals surface area contributed by atoms with Crippen LogP contribution in [0.1, 0.15) is 37.4 Å². The van der Waals surface area contributed by atoms with Gasteiger partial charge in [-0.3, -0.25) is 0 Å². The lowest BCUT2D eigenvalue weighted by atomic mass is 9.97. The van der Waals surface area contributed by atoms with Crippen molar-refractivity contribution < 1.29 is 0 Å². The molecule has 1 aliphatic carbocycles. The van der Waals surface area contributed by atoms with Gasteiger partial charge in [-0.1, -0.05) is 0 Å². The summed E-state index contributed by atoms with van der Waals surface area (Å²) >= 11 is 1.69. The Morgan fingerprint density at radius 2 is 2.12 bits per heavy atom. The molecule has 124 valence electrons. The first kappa shape index (κ1) is 14.4. The molecule has 5 nitrogen and oxygen atoms in total. The minimum absolute atomic E-state index is 0.496. The van der Waals surface area contributed by atoms with Crippen LogP contribution in [0.4, 0.5) is 5.82 Å². The summed E-state index contributed by atoms with van der Waals surface area (Å²) in [5.74, 6) is 3.73. The van der Waals surface area contributed by atoms with E-state index < -0.39 is 0 Å². The first-order valence-corrected chi connectivity index (χ1v) is 9.70. The molecule has 0 bridgehead atoms. The molecule has 1 unspecified atom stereocenters. The van der Waals surface area contributed by atoms with Crippen LogP contribution in [-0.4, -0.2) is 32.6 Å². The third-order valence-corrected chi connectivity index (χ3v) is 6.05. The molecule has 24 heavy (non-hydrogen) atoms. The zero-order valence-electron chi connectivity index (χ0n) is 13.6. The van der Waals surface area contributed by atoms with Crippen LogP contribution in [0.25, 0.3) is 10.2 Å². The van der Waals surface area contributed by atoms with Gasteiger partial charge in [0, 0.05) is 37.9 Å². The van der Waals surface area contributed by atoms with Crippen molar-refractivity contribution in [2.75, 3.05) is 18.0 Å². The number of rotatable bonds is 4. The summed E-state index contributed by atoms with van der Waals surface area (Å²) in [6.07, 6.45) is 11.0. The van der Waals surface area contributed by atoms with Gasteiger partial charge in [0.2, 0.25) is 0 Å². The molecule has 1 aliphatic heterocycles. The highest BCUT2D eigenvalue weighted by atomic mass is 32.1. The summed E-state index contributed by atoms with van der Waals surface area (Å²) in [6, 6.07) is 2.15. The maximum absolute atomic E-state index is 4.71. The van der Waals surface area contributed by atoms with Crippen LogP contribution in [0.2, 0.25) is 0 Å². The molecule has 5 rings (SSSR count). The fourth-order valence-electron chi connectivity index (χ4n) is 3.82. The van der Waals surface area contributed by atoms with Gasteiger partial charge in [-0.15, -0.1) is 11.3 Å². The maximum atomic E-state index is 4.71. The topological polar surface area (TPSA) is 46.8 Å². The Kier molecular flexibility index (Phi) is 3.51. The highest BCUT2D eigenvalue weighted by Crippen LogP contribution is 2.35. The number of fused-ring (bicyclic) bond motifs is 1. The number of hydrogen-bond donors (Lipinski definition) is 0. The van der Waals surface area contributed by atoms with Crippen LogP contribution >= 0.6 is 11.3 Å². The van der Waals surface area contributed by atoms with Crippen molar-refractivity contribution in [3.8, 4) is 0 Å². The van der Waals surface area contributed by atoms with Crippen molar-refractivity contribution in [1.82, 2.24) is 19.5 Å². The Morgan fingerprint density at radius 1 is 1.17 bits per heavy atom. The lowest BCUT2D eigenvalue weighted by Gasteiger charge is -2.33. The van der Waals surface area contributed by atoms with Crippen molar-refractivity contribution in [3.05, 3.63) is 36.0 Å². The van der Waals surface area contributed by atoms with Gasteiger partial charge >= 0.3 is 0 Å². The van der Waals surface area contributed by atoms with Gasteiger partial charge in [-0.25, -0.2) is 15.0 Å². The van der Waals surface area contributed by atoms with E-state index in [2.05, 4.69) is 37.1 Å². The third kappa shape index (κ3) is 2.59. The molecule has 6 heteroatoms. The normalized spacial score (nSPS) is 21.5. The van der Waals surface area contributed by atoms with Crippen molar-refractivity contribution in [2.45, 2.75) is 38.1 Å². The monoisotopic (exact) mass is 339 g/mol. The van der Waals surface area contributed by atoms with E-state index in [0.717, 1.165) is 36.2 Å². The van der Waals surface area contributed by atoms with E-state index in [1.807, 2.05) is 6.20 Å². The lowest BCUT2D eigenvalue weighted by molar-refractivity contribution is 0.462. The second-order valence-corrected chi connectivity index (χ2v) is 7.90. The van der Waals surface area contributed by atoms with E-state index in [-0.39, 0.29) is 0 Å². The summed E-state index contributed by atoms with van der Waals surface area (Å²) in [4.78, 5) is 17.2. The summed E-state index contributed by atoms with van der Waals surface area (Å²) in [7, 11) is 0. The van der Waals surface area contributed by atoms with Crippen LogP contribution in [0.3, 0.4) is 0 Å². The Labute approximate surface area is 145 Å². The molecule has 1 saturated heterocycles. The largest absolute Gasteiger partial charge is 0.355 e. The molecule has 1 atom stereocenters. The molecule has 2 fully saturated rings. The molecule has 2 aliphatic rings. The van der Waals surface area contributed by atoms with Gasteiger partial charge < -0.3 is 9.47 Å². The van der Waals surface area contributed by atoms with Gasteiger partial charge in [0.1, 0.15) is 22.8 Å². The Bertz CT molecular complexity index is 850. The van der Waals surface area contributed by atoms with E-state index >= 15 is 0 Å². The van der Waals surface area contributed by atoms with Gasteiger partial charge in [-0.2, -0.15) is 0 Å². The van der Waals surface area contributed by atoms with Crippen LogP contribution in [0.5, 0.6) is 0 Å². The smallest absolute Gasteiger partial charge is 0.140 e. The second-order valence-electron chi connectivity index (χ2n) is 7.00. The Morgan fingerprint density at radius 3 is 3.04 bits per heavy atom. The van der Waals surface area contributed by atoms with Crippen molar-refractivity contribution >= 4 is 27.4 Å². The summed E-state index contributed by atoms with van der Waals surface area (Å²) in [5.41, 5.74) is 0. The third-order valence-electron chi connectivity index (χ3n) is 5.23. The van der Waals surface area contributed by atoms with E-state index in [1.54, 1.807) is 17.7 Å². The number of hydrogen-bond acceptors (Lipinski definition) is 5. The molecule has 0 aromatic carbocycles. The predicted molar refractivity (Wildman–Crippen MR) is 96.6 cm³/mol. The van der Waals surface area contributed by atoms with Crippen LogP contribution in [-0.2, 0) is 6.54 Å². The number of aromatic nitrogens is 4. The average Bonchev–Trinajstić information content (AvgIpc) is 3.10. The maximum Gasteiger partial charge on any atom is 0.140 e. The van der Waals surface area contributed by atoms with Gasteiger partial charge in [0.05, 0.1) is 5.39 Å². The summed E-state index contributed by atoms with van der Waals surface area (Å²) in [6.45, 7) is 3.22. The molecule has 0 spiro atoms. The van der Waals surface area contributed by atoms with E-state index in [1.165, 1.54) is 36.9 Å². The molecule has 0 N–H and O–H groups in total. The van der Waals surface area contributed by atoms with E-state index in [0.29, 0.717) is 5.92 Å². The number of anilines is 1. The van der Waals surface area contributed by atoms with Crippen LogP contribution in [0, 0.1) is 5.92 Å². The molecule has 0 radical (unpaired) electrons. The van der Waals surface area contributed by atoms with E-state index in [9.17, 15) is 0 Å². The van der Waals surface area contributed by atoms with Gasteiger partial charge in [-0.05, 0) is 43.0 Å². The first-order chi connectivity index (χ1) is 11.9. The Balaban J connectivity index is 1.42. The number of thiophene rings is 1. The SMILES string of the molecule is c1cn(CC2CC2)c(C2CCCN(c3ncnc4sccc34)C2)n1. The molecule has 4 heterocycles. The summed E-state index contributed by atoms with van der Waals surface area (Å²) in [5, 5.41) is 3.29. The predicted octanol–water partition coefficient (Wildman–Crippen LogP) is 3.68. The highest BCUT2D eigenvalue weighted by molar-refractivity contribution is 7.16. The summed E-state index contributed by atoms with van der Waals surface area (Å²) < 4.78 is 2.39. The van der Waals surface area contributed by atoms with E-state index in [4.69, 9.17) is 4.98 Å². The standard InChI is InChI=1S/C18H21N5S/c1-2-14(16-19-6-8-23(16)10-13-3-4-13)11-22(7-1)17-15-5-9-24-18(15)21-12-20-17/h5-6,8-9,12-14H,1-4,7,10-11H2. The Hall–Kier alpha value is -1.95. The average molecular weight is 339 g/mol. The van der Waals surface area contributed by atoms with Crippen LogP contribution < -0.4 is 4.90 Å². The first-order valence-electron chi connectivity index (χ1n) is 8.82. The van der Waals surface area contributed by atoms with Crippen molar-refractivity contribution in [2.24, 2.45) is 5.92 Å². The molecule has 1 saturated carbocycles. The number of piperidine rings is 1. The lowest BCUT2D eigenvalue weighted by Crippen LogP contribution is -2.36. The minimum Gasteiger partial charge on any atom is -0.355 e. The van der Waals surface area contributed by atoms with Gasteiger partial charge in [0.15, 0.2) is 0 Å². The van der Waals surface area contributed by atoms with Gasteiger partial charge in [0.25, 0.3) is 0 Å². The molecular formula is C18H21N5S. The van der Waals surface area contributed by atoms with Crippen molar-refractivity contribution in [1.29, 1.82) is 0 Å². The fourth-order valence-corrected chi connectivity index (χ4v) is 4.55. The molecular weight excluding hydrogens is 318 g/mol. The minimum atomic E-state index is 0.496. The zero-order valence-corrected chi connectivity index (χ0v) is 14.5. The quantitative estimate of drug-likeness (QED) is 0.727.